The van der Waals surface area contributed by atoms with Crippen LogP contribution in [-0.4, -0.2) is 35.7 Å². The van der Waals surface area contributed by atoms with E-state index in [0.29, 0.717) is 10.0 Å². The smallest absolute Gasteiger partial charge is 0.250 e. The van der Waals surface area contributed by atoms with E-state index in [0.717, 1.165) is 20.9 Å². The molecule has 0 bridgehead atoms. The van der Waals surface area contributed by atoms with Gasteiger partial charge in [0.15, 0.2) is 0 Å². The number of thioether (sulfide) groups is 2. The quantitative estimate of drug-likeness (QED) is 0.206. The van der Waals surface area contributed by atoms with Gasteiger partial charge in [0.25, 0.3) is 0 Å². The van der Waals surface area contributed by atoms with Crippen LogP contribution in [0.1, 0.15) is 11.1 Å². The lowest BCUT2D eigenvalue weighted by atomic mass is 10.2. The number of nitrogens with one attached hydrogen (secondary N) is 2. The molecular weight excluding hydrogens is 511 g/mol. The second-order valence-corrected chi connectivity index (χ2v) is 9.71. The molecule has 3 rings (SSSR count). The molecule has 0 saturated heterocycles. The van der Waals surface area contributed by atoms with E-state index < -0.39 is 0 Å². The van der Waals surface area contributed by atoms with E-state index in [1.807, 2.05) is 48.5 Å². The van der Waals surface area contributed by atoms with E-state index in [1.165, 1.54) is 23.5 Å². The summed E-state index contributed by atoms with van der Waals surface area (Å²) in [6, 6.07) is 21.9. The first-order valence-electron chi connectivity index (χ1n) is 9.98. The lowest BCUT2D eigenvalue weighted by Gasteiger charge is -2.01. The zero-order valence-corrected chi connectivity index (χ0v) is 20.9. The molecule has 10 heteroatoms. The molecular formula is C24H20Cl2N4O2S2. The summed E-state index contributed by atoms with van der Waals surface area (Å²) in [6.45, 7) is 0. The Morgan fingerprint density at radius 1 is 0.647 bits per heavy atom. The number of halogens is 2. The molecule has 3 aromatic rings. The van der Waals surface area contributed by atoms with Gasteiger partial charge in [0.2, 0.25) is 11.8 Å². The first kappa shape index (κ1) is 25.8. The minimum Gasteiger partial charge on any atom is -0.272 e. The van der Waals surface area contributed by atoms with Gasteiger partial charge in [-0.3, -0.25) is 9.59 Å². The molecule has 0 radical (unpaired) electrons. The molecule has 174 valence electrons. The van der Waals surface area contributed by atoms with Crippen molar-refractivity contribution in [3.05, 3.63) is 94.0 Å². The van der Waals surface area contributed by atoms with Crippen molar-refractivity contribution >= 4 is 71.0 Å². The molecule has 0 unspecified atom stereocenters. The molecule has 0 aliphatic heterocycles. The standard InChI is InChI=1S/C24H20Cl2N4O2S2/c25-19-5-9-21(10-6-19)33-15-23(31)29-27-13-17-1-2-18(4-3-17)14-28-30-24(32)16-34-22-11-7-20(26)8-12-22/h1-14H,15-16H2,(H,29,31)(H,30,32)/b27-13-,28-14-. The van der Waals surface area contributed by atoms with Gasteiger partial charge in [-0.15, -0.1) is 23.5 Å². The Morgan fingerprint density at radius 3 is 1.35 bits per heavy atom. The maximum absolute atomic E-state index is 11.9. The molecule has 0 aromatic heterocycles. The largest absolute Gasteiger partial charge is 0.272 e. The van der Waals surface area contributed by atoms with Gasteiger partial charge < -0.3 is 0 Å². The summed E-state index contributed by atoms with van der Waals surface area (Å²) in [5.41, 5.74) is 6.63. The Morgan fingerprint density at radius 2 is 1.00 bits per heavy atom. The third-order valence-electron chi connectivity index (χ3n) is 4.11. The summed E-state index contributed by atoms with van der Waals surface area (Å²) in [4.78, 5) is 25.7. The molecule has 2 N–H and O–H groups in total. The molecule has 0 aliphatic carbocycles. The summed E-state index contributed by atoms with van der Waals surface area (Å²) in [7, 11) is 0. The fourth-order valence-electron chi connectivity index (χ4n) is 2.45. The second kappa shape index (κ2) is 13.8. The number of carbonyl (C=O) groups is 2. The van der Waals surface area contributed by atoms with Crippen molar-refractivity contribution in [1.29, 1.82) is 0 Å². The van der Waals surface area contributed by atoms with Crippen LogP contribution < -0.4 is 10.9 Å². The molecule has 0 fully saturated rings. The van der Waals surface area contributed by atoms with Crippen molar-refractivity contribution < 1.29 is 9.59 Å². The Bertz CT molecular complexity index is 1060. The van der Waals surface area contributed by atoms with Gasteiger partial charge in [0, 0.05) is 19.8 Å². The van der Waals surface area contributed by atoms with Crippen molar-refractivity contribution in [3.8, 4) is 0 Å². The number of amides is 2. The Labute approximate surface area is 216 Å². The highest BCUT2D eigenvalue weighted by molar-refractivity contribution is 8.00. The van der Waals surface area contributed by atoms with Crippen LogP contribution >= 0.6 is 46.7 Å². The first-order chi connectivity index (χ1) is 16.5. The van der Waals surface area contributed by atoms with Gasteiger partial charge in [-0.1, -0.05) is 47.5 Å². The molecule has 2 amide bonds. The number of hydrogen-bond donors (Lipinski definition) is 2. The second-order valence-electron chi connectivity index (χ2n) is 6.74. The summed E-state index contributed by atoms with van der Waals surface area (Å²) in [5, 5.41) is 9.26. The molecule has 6 nitrogen and oxygen atoms in total. The van der Waals surface area contributed by atoms with Gasteiger partial charge in [0.1, 0.15) is 0 Å². The number of hydrogen-bond acceptors (Lipinski definition) is 6. The van der Waals surface area contributed by atoms with Crippen LogP contribution in [-0.2, 0) is 9.59 Å². The van der Waals surface area contributed by atoms with Gasteiger partial charge in [0.05, 0.1) is 23.9 Å². The van der Waals surface area contributed by atoms with Gasteiger partial charge in [-0.05, 0) is 59.7 Å². The maximum Gasteiger partial charge on any atom is 0.250 e. The summed E-state index contributed by atoms with van der Waals surface area (Å²) in [6.07, 6.45) is 3.11. The number of carbonyl (C=O) groups excluding carboxylic acids is 2. The van der Waals surface area contributed by atoms with Crippen molar-refractivity contribution in [2.45, 2.75) is 9.79 Å². The average Bonchev–Trinajstić information content (AvgIpc) is 2.84. The zero-order chi connectivity index (χ0) is 24.2. The van der Waals surface area contributed by atoms with E-state index >= 15 is 0 Å². The average molecular weight is 531 g/mol. The normalized spacial score (nSPS) is 11.1. The van der Waals surface area contributed by atoms with Crippen LogP contribution in [0.15, 0.2) is 92.8 Å². The first-order valence-corrected chi connectivity index (χ1v) is 12.7. The summed E-state index contributed by atoms with van der Waals surface area (Å²) in [5.74, 6) is 0.0891. The van der Waals surface area contributed by atoms with Crippen LogP contribution in [0.2, 0.25) is 10.0 Å². The number of rotatable bonds is 10. The van der Waals surface area contributed by atoms with Crippen LogP contribution in [0, 0.1) is 0 Å². The third-order valence-corrected chi connectivity index (χ3v) is 6.64. The van der Waals surface area contributed by atoms with Crippen LogP contribution in [0.5, 0.6) is 0 Å². The van der Waals surface area contributed by atoms with Crippen molar-refractivity contribution in [2.24, 2.45) is 10.2 Å². The van der Waals surface area contributed by atoms with Crippen LogP contribution in [0.25, 0.3) is 0 Å². The summed E-state index contributed by atoms with van der Waals surface area (Å²) >= 11 is 14.5. The van der Waals surface area contributed by atoms with E-state index in [2.05, 4.69) is 21.1 Å². The molecule has 3 aromatic carbocycles. The number of benzene rings is 3. The molecule has 34 heavy (non-hydrogen) atoms. The molecule has 0 atom stereocenters. The minimum atomic E-state index is -0.204. The van der Waals surface area contributed by atoms with Gasteiger partial charge in [-0.2, -0.15) is 10.2 Å². The SMILES string of the molecule is O=C(CSc1ccc(Cl)cc1)N/N=C\c1ccc(/C=N\NC(=O)CSc2ccc(Cl)cc2)cc1. The highest BCUT2D eigenvalue weighted by Gasteiger charge is 2.03. The Hall–Kier alpha value is -2.78. The molecule has 0 spiro atoms. The highest BCUT2D eigenvalue weighted by Crippen LogP contribution is 2.20. The van der Waals surface area contributed by atoms with Gasteiger partial charge >= 0.3 is 0 Å². The predicted molar refractivity (Wildman–Crippen MR) is 142 cm³/mol. The highest BCUT2D eigenvalue weighted by atomic mass is 35.5. The van der Waals surface area contributed by atoms with Crippen molar-refractivity contribution in [1.82, 2.24) is 10.9 Å². The monoisotopic (exact) mass is 530 g/mol. The third kappa shape index (κ3) is 9.61. The zero-order valence-electron chi connectivity index (χ0n) is 17.8. The molecule has 0 saturated carbocycles. The van der Waals surface area contributed by atoms with E-state index in [-0.39, 0.29) is 23.3 Å². The van der Waals surface area contributed by atoms with Gasteiger partial charge in [-0.25, -0.2) is 10.9 Å². The number of hydrazone groups is 2. The molecule has 0 heterocycles. The Balaban J connectivity index is 1.36. The fraction of sp³-hybridized carbons (Fsp3) is 0.0833. The number of nitrogens with zero attached hydrogens (tertiary/aromatic N) is 2. The van der Waals surface area contributed by atoms with Crippen LogP contribution in [0.4, 0.5) is 0 Å². The molecule has 0 aliphatic rings. The minimum absolute atomic E-state index is 0.204. The summed E-state index contributed by atoms with van der Waals surface area (Å²) < 4.78 is 0. The van der Waals surface area contributed by atoms with E-state index in [9.17, 15) is 9.59 Å². The van der Waals surface area contributed by atoms with E-state index in [4.69, 9.17) is 23.2 Å². The van der Waals surface area contributed by atoms with Crippen molar-refractivity contribution in [3.63, 3.8) is 0 Å². The fourth-order valence-corrected chi connectivity index (χ4v) is 4.08. The van der Waals surface area contributed by atoms with E-state index in [1.54, 1.807) is 36.7 Å². The topological polar surface area (TPSA) is 82.9 Å². The lowest BCUT2D eigenvalue weighted by Crippen LogP contribution is -2.19. The maximum atomic E-state index is 11.9. The predicted octanol–water partition coefficient (Wildman–Crippen LogP) is 5.48. The van der Waals surface area contributed by atoms with Crippen molar-refractivity contribution in [2.75, 3.05) is 11.5 Å². The lowest BCUT2D eigenvalue weighted by molar-refractivity contribution is -0.119. The Kier molecular flexibility index (Phi) is 10.5. The van der Waals surface area contributed by atoms with Crippen LogP contribution in [0.3, 0.4) is 0 Å².